The maximum absolute atomic E-state index is 11.3. The molecule has 2 aromatic carbocycles. The lowest BCUT2D eigenvalue weighted by Gasteiger charge is -2.26. The van der Waals surface area contributed by atoms with Gasteiger partial charge in [0.25, 0.3) is 0 Å². The van der Waals surface area contributed by atoms with Crippen LogP contribution in [0.25, 0.3) is 12.2 Å². The van der Waals surface area contributed by atoms with Crippen molar-refractivity contribution in [2.75, 3.05) is 60.5 Å². The van der Waals surface area contributed by atoms with Gasteiger partial charge >= 0.3 is 11.9 Å². The second-order valence-corrected chi connectivity index (χ2v) is 9.01. The molecule has 40 heavy (non-hydrogen) atoms. The first kappa shape index (κ1) is 30.5. The molecule has 2 aromatic rings. The number of methoxy groups -OCH3 is 2. The number of benzene rings is 2. The third-order valence-electron chi connectivity index (χ3n) is 5.86. The van der Waals surface area contributed by atoms with Crippen LogP contribution < -0.4 is 18.9 Å². The highest BCUT2D eigenvalue weighted by atomic mass is 16.5. The number of carbonyl (C=O) groups is 2. The molecule has 1 N–H and O–H groups in total. The SMILES string of the molecule is CCOC(=O)/C=C/c1ccc(OCC2COC2)c(OC)c1.COc1cc(/C=C/C(=O)O)ccc1OCC1COC1. The third kappa shape index (κ3) is 9.94. The molecule has 0 unspecified atom stereocenters. The average Bonchev–Trinajstić information content (AvgIpc) is 2.90. The van der Waals surface area contributed by atoms with Crippen LogP contribution in [0.3, 0.4) is 0 Å². The van der Waals surface area contributed by atoms with Crippen LogP contribution in [-0.4, -0.2) is 77.5 Å². The van der Waals surface area contributed by atoms with Gasteiger partial charge in [0.05, 0.1) is 60.5 Å². The molecule has 2 saturated heterocycles. The molecule has 216 valence electrons. The van der Waals surface area contributed by atoms with Gasteiger partial charge in [0.2, 0.25) is 0 Å². The third-order valence-corrected chi connectivity index (χ3v) is 5.86. The lowest BCUT2D eigenvalue weighted by atomic mass is 10.1. The quantitative estimate of drug-likeness (QED) is 0.285. The van der Waals surface area contributed by atoms with Crippen LogP contribution in [-0.2, 0) is 23.8 Å². The van der Waals surface area contributed by atoms with Crippen molar-refractivity contribution in [1.29, 1.82) is 0 Å². The molecule has 0 bridgehead atoms. The van der Waals surface area contributed by atoms with Gasteiger partial charge < -0.3 is 38.3 Å². The van der Waals surface area contributed by atoms with Gasteiger partial charge in [0, 0.05) is 24.0 Å². The van der Waals surface area contributed by atoms with Crippen LogP contribution >= 0.6 is 0 Å². The molecule has 10 nitrogen and oxygen atoms in total. The summed E-state index contributed by atoms with van der Waals surface area (Å²) in [7, 11) is 3.15. The average molecular weight is 557 g/mol. The lowest BCUT2D eigenvalue weighted by Crippen LogP contribution is -2.32. The topological polar surface area (TPSA) is 119 Å². The van der Waals surface area contributed by atoms with Gasteiger partial charge in [0.15, 0.2) is 23.0 Å². The van der Waals surface area contributed by atoms with Crippen molar-refractivity contribution in [3.63, 3.8) is 0 Å². The number of hydrogen-bond acceptors (Lipinski definition) is 9. The van der Waals surface area contributed by atoms with Gasteiger partial charge in [-0.15, -0.1) is 0 Å². The minimum absolute atomic E-state index is 0.359. The summed E-state index contributed by atoms with van der Waals surface area (Å²) in [5.41, 5.74) is 1.60. The number of rotatable bonds is 13. The van der Waals surface area contributed by atoms with Crippen LogP contribution in [0.4, 0.5) is 0 Å². The van der Waals surface area contributed by atoms with Crippen molar-refractivity contribution >= 4 is 24.1 Å². The van der Waals surface area contributed by atoms with E-state index in [1.54, 1.807) is 45.4 Å². The Labute approximate surface area is 234 Å². The number of ether oxygens (including phenoxy) is 7. The monoisotopic (exact) mass is 556 g/mol. The number of aliphatic carboxylic acids is 1. The molecule has 2 aliphatic rings. The second-order valence-electron chi connectivity index (χ2n) is 9.01. The molecule has 10 heteroatoms. The van der Waals surface area contributed by atoms with Gasteiger partial charge in [-0.1, -0.05) is 12.1 Å². The van der Waals surface area contributed by atoms with Gasteiger partial charge in [0.1, 0.15) is 0 Å². The number of carbonyl (C=O) groups excluding carboxylic acids is 1. The van der Waals surface area contributed by atoms with E-state index in [0.717, 1.165) is 43.6 Å². The van der Waals surface area contributed by atoms with Crippen LogP contribution in [0.2, 0.25) is 0 Å². The van der Waals surface area contributed by atoms with Crippen molar-refractivity contribution in [3.05, 3.63) is 59.7 Å². The summed E-state index contributed by atoms with van der Waals surface area (Å²) in [6.45, 7) is 6.34. The summed E-state index contributed by atoms with van der Waals surface area (Å²) in [5, 5.41) is 8.58. The zero-order valence-electron chi connectivity index (χ0n) is 23.0. The van der Waals surface area contributed by atoms with Gasteiger partial charge in [-0.2, -0.15) is 0 Å². The highest BCUT2D eigenvalue weighted by molar-refractivity contribution is 5.87. The van der Waals surface area contributed by atoms with Crippen molar-refractivity contribution in [1.82, 2.24) is 0 Å². The first-order valence-corrected chi connectivity index (χ1v) is 12.9. The van der Waals surface area contributed by atoms with Crippen LogP contribution in [0.5, 0.6) is 23.0 Å². The smallest absolute Gasteiger partial charge is 0.330 e. The fourth-order valence-corrected chi connectivity index (χ4v) is 3.51. The largest absolute Gasteiger partial charge is 0.493 e. The van der Waals surface area contributed by atoms with Crippen LogP contribution in [0.15, 0.2) is 48.6 Å². The predicted molar refractivity (Wildman–Crippen MR) is 148 cm³/mol. The molecule has 2 heterocycles. The standard InChI is InChI=1S/C16H20O5.C14H16O5/c1-3-20-16(17)7-5-12-4-6-14(15(8-12)18-2)21-11-13-9-19-10-13;1-17-13-6-10(3-5-14(15)16)2-4-12(13)19-9-11-7-18-8-11/h4-8,13H,3,9-11H2,1-2H3;2-6,11H,7-9H2,1H3,(H,15,16)/b7-5+;5-3+. The van der Waals surface area contributed by atoms with E-state index in [1.165, 1.54) is 12.2 Å². The van der Waals surface area contributed by atoms with Crippen LogP contribution in [0, 0.1) is 11.8 Å². The predicted octanol–water partition coefficient (Wildman–Crippen LogP) is 4.11. The Bertz CT molecular complexity index is 1170. The maximum atomic E-state index is 11.3. The van der Waals surface area contributed by atoms with Crippen molar-refractivity contribution < 1.29 is 47.9 Å². The molecule has 2 aliphatic heterocycles. The van der Waals surface area contributed by atoms with E-state index >= 15 is 0 Å². The first-order valence-electron chi connectivity index (χ1n) is 12.9. The van der Waals surface area contributed by atoms with E-state index in [2.05, 4.69) is 0 Å². The normalized spacial score (nSPS) is 15.0. The summed E-state index contributed by atoms with van der Waals surface area (Å²) in [6.07, 6.45) is 5.67. The van der Waals surface area contributed by atoms with Gasteiger partial charge in [-0.25, -0.2) is 9.59 Å². The van der Waals surface area contributed by atoms with Gasteiger partial charge in [-0.3, -0.25) is 0 Å². The summed E-state index contributed by atoms with van der Waals surface area (Å²) >= 11 is 0. The molecule has 0 aromatic heterocycles. The van der Waals surface area contributed by atoms with E-state index < -0.39 is 5.97 Å². The molecular formula is C30H36O10. The van der Waals surface area contributed by atoms with E-state index in [9.17, 15) is 9.59 Å². The molecule has 4 rings (SSSR count). The molecule has 0 saturated carbocycles. The number of esters is 1. The zero-order chi connectivity index (χ0) is 28.7. The summed E-state index contributed by atoms with van der Waals surface area (Å²) in [6, 6.07) is 10.8. The number of carboxylic acids is 1. The minimum atomic E-state index is -0.982. The summed E-state index contributed by atoms with van der Waals surface area (Å²) in [5.74, 6) is 2.13. The van der Waals surface area contributed by atoms with E-state index in [4.69, 9.17) is 38.3 Å². The Balaban J connectivity index is 0.000000222. The van der Waals surface area contributed by atoms with Crippen molar-refractivity contribution in [3.8, 4) is 23.0 Å². The highest BCUT2D eigenvalue weighted by Crippen LogP contribution is 2.30. The molecule has 0 atom stereocenters. The minimum Gasteiger partial charge on any atom is -0.493 e. The van der Waals surface area contributed by atoms with E-state index in [1.807, 2.05) is 18.2 Å². The Morgan fingerprint density at radius 3 is 1.65 bits per heavy atom. The van der Waals surface area contributed by atoms with Crippen LogP contribution in [0.1, 0.15) is 18.1 Å². The first-order chi connectivity index (χ1) is 19.4. The molecule has 2 fully saturated rings. The number of hydrogen-bond donors (Lipinski definition) is 1. The summed E-state index contributed by atoms with van der Waals surface area (Å²) < 4.78 is 37.0. The fraction of sp³-hybridized carbons (Fsp3) is 0.400. The van der Waals surface area contributed by atoms with Crippen molar-refractivity contribution in [2.45, 2.75) is 6.92 Å². The Hall–Kier alpha value is -4.02. The molecule has 0 aliphatic carbocycles. The Kier molecular flexibility index (Phi) is 12.3. The Morgan fingerprint density at radius 1 is 0.800 bits per heavy atom. The molecule has 0 amide bonds. The maximum Gasteiger partial charge on any atom is 0.330 e. The molecule has 0 radical (unpaired) electrons. The lowest BCUT2D eigenvalue weighted by molar-refractivity contribution is -0.137. The Morgan fingerprint density at radius 2 is 1.27 bits per heavy atom. The van der Waals surface area contributed by atoms with E-state index in [0.29, 0.717) is 54.7 Å². The number of carboxylic acid groups (broad SMARTS) is 1. The van der Waals surface area contributed by atoms with Crippen molar-refractivity contribution in [2.24, 2.45) is 11.8 Å². The summed E-state index contributed by atoms with van der Waals surface area (Å²) in [4.78, 5) is 21.7. The molecular weight excluding hydrogens is 520 g/mol. The van der Waals surface area contributed by atoms with Gasteiger partial charge in [-0.05, 0) is 54.5 Å². The highest BCUT2D eigenvalue weighted by Gasteiger charge is 2.20. The fourth-order valence-electron chi connectivity index (χ4n) is 3.51. The molecule has 0 spiro atoms. The second kappa shape index (κ2) is 16.2. The van der Waals surface area contributed by atoms with E-state index in [-0.39, 0.29) is 5.97 Å². The zero-order valence-corrected chi connectivity index (χ0v) is 23.0.